The Bertz CT molecular complexity index is 301. The van der Waals surface area contributed by atoms with E-state index in [1.54, 1.807) is 0 Å². The Hall–Kier alpha value is -0.570. The van der Waals surface area contributed by atoms with Gasteiger partial charge < -0.3 is 0 Å². The Morgan fingerprint density at radius 3 is 2.67 bits per heavy atom. The molecule has 1 heterocycles. The van der Waals surface area contributed by atoms with Crippen LogP contribution in [0.3, 0.4) is 0 Å². The molecule has 0 saturated carbocycles. The summed E-state index contributed by atoms with van der Waals surface area (Å²) in [5.74, 6) is 3.23. The molecule has 1 saturated heterocycles. The molecule has 0 aromatic rings. The van der Waals surface area contributed by atoms with Gasteiger partial charge in [0, 0.05) is 6.42 Å². The molecule has 0 N–H and O–H groups in total. The number of carbonyl (C=O) groups excluding carboxylic acids is 2. The van der Waals surface area contributed by atoms with E-state index in [1.807, 2.05) is 6.08 Å². The minimum absolute atomic E-state index is 0.0778. The van der Waals surface area contributed by atoms with Crippen molar-refractivity contribution < 1.29 is 9.59 Å². The Morgan fingerprint density at radius 1 is 1.27 bits per heavy atom. The van der Waals surface area contributed by atoms with Crippen LogP contribution in [0.25, 0.3) is 0 Å². The molecule has 0 aromatic carbocycles. The van der Waals surface area contributed by atoms with Gasteiger partial charge in [0.2, 0.25) is 5.78 Å². The lowest BCUT2D eigenvalue weighted by molar-refractivity contribution is -0.120. The van der Waals surface area contributed by atoms with Crippen molar-refractivity contribution in [3.05, 3.63) is 11.6 Å². The molecule has 0 bridgehead atoms. The molecule has 82 valence electrons. The first-order valence-electron chi connectivity index (χ1n) is 5.68. The molecule has 0 amide bonds. The lowest BCUT2D eigenvalue weighted by Gasteiger charge is -2.09. The molecule has 2 rings (SSSR count). The number of carbonyl (C=O) groups is 2. The number of Topliss-reactive ketones (excluding diaryl/α,β-unsaturated/α-hetero) is 2. The van der Waals surface area contributed by atoms with Gasteiger partial charge in [-0.25, -0.2) is 0 Å². The van der Waals surface area contributed by atoms with Gasteiger partial charge in [-0.1, -0.05) is 6.08 Å². The maximum Gasteiger partial charge on any atom is 0.215 e. The number of hydrogen-bond acceptors (Lipinski definition) is 2. The van der Waals surface area contributed by atoms with E-state index in [1.165, 1.54) is 24.3 Å². The quantitative estimate of drug-likeness (QED) is 0.540. The van der Waals surface area contributed by atoms with Crippen molar-refractivity contribution >= 4 is 22.5 Å². The van der Waals surface area contributed by atoms with E-state index in [-0.39, 0.29) is 22.5 Å². The first-order chi connectivity index (χ1) is 7.27. The Labute approximate surface area is 93.5 Å². The van der Waals surface area contributed by atoms with Gasteiger partial charge in [0.15, 0.2) is 11.5 Å². The topological polar surface area (TPSA) is 34.1 Å². The summed E-state index contributed by atoms with van der Waals surface area (Å²) in [4.78, 5) is 23.4. The van der Waals surface area contributed by atoms with Crippen LogP contribution in [0.5, 0.6) is 0 Å². The monoisotopic (exact) mass is 225 g/mol. The molecule has 0 atom stereocenters. The van der Waals surface area contributed by atoms with Crippen LogP contribution in [0.15, 0.2) is 11.6 Å². The van der Waals surface area contributed by atoms with E-state index in [0.717, 1.165) is 12.8 Å². The number of allylic oxidation sites excluding steroid dienone is 2. The van der Waals surface area contributed by atoms with Gasteiger partial charge >= 0.3 is 0 Å². The Kier molecular flexibility index (Phi) is 3.62. The Balaban J connectivity index is 1.94. The molecule has 1 aliphatic heterocycles. The summed E-state index contributed by atoms with van der Waals surface area (Å²) in [6.45, 7) is 0. The minimum Gasteiger partial charge on any atom is -0.294 e. The smallest absolute Gasteiger partial charge is 0.215 e. The van der Waals surface area contributed by atoms with Crippen molar-refractivity contribution in [2.45, 2.75) is 32.1 Å². The van der Waals surface area contributed by atoms with Gasteiger partial charge in [0.05, 0.1) is 5.57 Å². The molecule has 3 heteroatoms. The van der Waals surface area contributed by atoms with Crippen LogP contribution in [0.2, 0.25) is 0 Å². The van der Waals surface area contributed by atoms with Gasteiger partial charge in [0.25, 0.3) is 0 Å². The molecule has 2 nitrogen and oxygen atoms in total. The van der Waals surface area contributed by atoms with E-state index in [9.17, 15) is 9.59 Å². The highest BCUT2D eigenvalue weighted by atomic mass is 32.2. The first-order valence-corrected chi connectivity index (χ1v) is 7.41. The second-order valence-electron chi connectivity index (χ2n) is 4.23. The predicted molar refractivity (Wildman–Crippen MR) is 63.1 cm³/mol. The second-order valence-corrected chi connectivity index (χ2v) is 6.56. The first kappa shape index (κ1) is 10.9. The maximum atomic E-state index is 11.9. The van der Waals surface area contributed by atoms with Crippen molar-refractivity contribution in [3.8, 4) is 0 Å². The summed E-state index contributed by atoms with van der Waals surface area (Å²) in [6, 6.07) is 0. The van der Waals surface area contributed by atoms with Crippen molar-refractivity contribution in [1.29, 1.82) is 0 Å². The van der Waals surface area contributed by atoms with Crippen molar-refractivity contribution in [1.82, 2.24) is 0 Å². The van der Waals surface area contributed by atoms with E-state index in [4.69, 9.17) is 0 Å². The van der Waals surface area contributed by atoms with Gasteiger partial charge in [-0.05, 0) is 36.6 Å². The summed E-state index contributed by atoms with van der Waals surface area (Å²) < 4.78 is 0. The fourth-order valence-electron chi connectivity index (χ4n) is 2.15. The lowest BCUT2D eigenvalue weighted by atomic mass is 9.96. The predicted octanol–water partition coefficient (Wildman–Crippen LogP) is 1.65. The highest BCUT2D eigenvalue weighted by Gasteiger charge is 2.30. The SMILES string of the molecule is O=C1CCCC=C1C(=O)C[S+]1CCCC1. The zero-order valence-electron chi connectivity index (χ0n) is 8.96. The molecule has 0 unspecified atom stereocenters. The fourth-order valence-corrected chi connectivity index (χ4v) is 4.39. The zero-order valence-corrected chi connectivity index (χ0v) is 9.78. The number of hydrogen-bond donors (Lipinski definition) is 0. The third-order valence-corrected chi connectivity index (χ3v) is 5.41. The minimum atomic E-state index is 0.0778. The highest BCUT2D eigenvalue weighted by molar-refractivity contribution is 7.97. The summed E-state index contributed by atoms with van der Waals surface area (Å²) >= 11 is 0. The van der Waals surface area contributed by atoms with Crippen LogP contribution in [-0.2, 0) is 20.5 Å². The van der Waals surface area contributed by atoms with Crippen LogP contribution in [0.4, 0.5) is 0 Å². The second kappa shape index (κ2) is 4.97. The van der Waals surface area contributed by atoms with Crippen LogP contribution in [-0.4, -0.2) is 28.8 Å². The highest BCUT2D eigenvalue weighted by Crippen LogP contribution is 2.19. The lowest BCUT2D eigenvalue weighted by Crippen LogP contribution is -2.24. The molecule has 15 heavy (non-hydrogen) atoms. The van der Waals surface area contributed by atoms with E-state index < -0.39 is 0 Å². The molecule has 1 fully saturated rings. The normalized spacial score (nSPS) is 22.9. The standard InChI is InChI=1S/C12H17O2S/c13-11-6-2-1-5-10(11)12(14)9-15-7-3-4-8-15/h5H,1-4,6-9H2/q+1. The van der Waals surface area contributed by atoms with Crippen molar-refractivity contribution in [2.24, 2.45) is 0 Å². The van der Waals surface area contributed by atoms with E-state index in [2.05, 4.69) is 0 Å². The average Bonchev–Trinajstić information content (AvgIpc) is 2.71. The zero-order chi connectivity index (χ0) is 10.7. The number of ketones is 2. The van der Waals surface area contributed by atoms with Crippen LogP contribution in [0.1, 0.15) is 32.1 Å². The molecule has 0 aromatic heterocycles. The summed E-state index contributed by atoms with van der Waals surface area (Å²) in [7, 11) is 0.283. The molecule has 2 aliphatic rings. The maximum absolute atomic E-state index is 11.9. The third kappa shape index (κ3) is 2.71. The Morgan fingerprint density at radius 2 is 2.00 bits per heavy atom. The third-order valence-electron chi connectivity index (χ3n) is 3.01. The molecule has 1 aliphatic carbocycles. The largest absolute Gasteiger partial charge is 0.294 e. The summed E-state index contributed by atoms with van der Waals surface area (Å²) in [5, 5.41) is 0. The van der Waals surface area contributed by atoms with E-state index in [0.29, 0.717) is 17.7 Å². The van der Waals surface area contributed by atoms with Crippen LogP contribution in [0, 0.1) is 0 Å². The molecule has 0 spiro atoms. The fraction of sp³-hybridized carbons (Fsp3) is 0.667. The van der Waals surface area contributed by atoms with Crippen LogP contribution >= 0.6 is 0 Å². The van der Waals surface area contributed by atoms with Crippen molar-refractivity contribution in [3.63, 3.8) is 0 Å². The summed E-state index contributed by atoms with van der Waals surface area (Å²) in [5.41, 5.74) is 0.514. The van der Waals surface area contributed by atoms with Crippen molar-refractivity contribution in [2.75, 3.05) is 17.3 Å². The van der Waals surface area contributed by atoms with Gasteiger partial charge in [-0.15, -0.1) is 0 Å². The van der Waals surface area contributed by atoms with Gasteiger partial charge in [-0.3, -0.25) is 9.59 Å². The molecular formula is C12H17O2S+. The van der Waals surface area contributed by atoms with Crippen LogP contribution < -0.4 is 0 Å². The number of rotatable bonds is 3. The van der Waals surface area contributed by atoms with Gasteiger partial charge in [-0.2, -0.15) is 0 Å². The average molecular weight is 225 g/mol. The summed E-state index contributed by atoms with van der Waals surface area (Å²) in [6.07, 6.45) is 6.79. The van der Waals surface area contributed by atoms with E-state index >= 15 is 0 Å². The molecular weight excluding hydrogens is 208 g/mol. The molecule has 0 radical (unpaired) electrons. The van der Waals surface area contributed by atoms with Gasteiger partial charge in [0.1, 0.15) is 11.5 Å².